The normalized spacial score (nSPS) is 17.3. The fourth-order valence-corrected chi connectivity index (χ4v) is 6.30. The van der Waals surface area contributed by atoms with E-state index in [1.54, 1.807) is 6.07 Å². The number of para-hydroxylation sites is 1. The third-order valence-electron chi connectivity index (χ3n) is 5.27. The van der Waals surface area contributed by atoms with Crippen molar-refractivity contribution in [2.24, 2.45) is 0 Å². The van der Waals surface area contributed by atoms with Crippen LogP contribution in [-0.2, 0) is 10.0 Å². The van der Waals surface area contributed by atoms with E-state index >= 15 is 0 Å². The van der Waals surface area contributed by atoms with Crippen LogP contribution in [0.1, 0.15) is 12.8 Å². The second kappa shape index (κ2) is 9.74. The van der Waals surface area contributed by atoms with E-state index in [2.05, 4.69) is 20.6 Å². The van der Waals surface area contributed by atoms with E-state index in [1.165, 1.54) is 6.07 Å². The minimum atomic E-state index is -3.45. The van der Waals surface area contributed by atoms with Crippen molar-refractivity contribution in [3.8, 4) is 11.5 Å². The third kappa shape index (κ3) is 5.20. The Morgan fingerprint density at radius 1 is 1.03 bits per heavy atom. The predicted octanol–water partition coefficient (Wildman–Crippen LogP) is 3.05. The van der Waals surface area contributed by atoms with Gasteiger partial charge in [-0.15, -0.1) is 11.3 Å². The van der Waals surface area contributed by atoms with Crippen molar-refractivity contribution in [2.45, 2.75) is 17.1 Å². The summed E-state index contributed by atoms with van der Waals surface area (Å²) < 4.78 is 39.3. The Labute approximate surface area is 186 Å². The van der Waals surface area contributed by atoms with Crippen LogP contribution in [0.5, 0.6) is 11.5 Å². The van der Waals surface area contributed by atoms with Gasteiger partial charge in [0.05, 0.1) is 10.0 Å². The van der Waals surface area contributed by atoms with Crippen LogP contribution in [0, 0.1) is 0 Å². The molecule has 2 aromatic rings. The number of anilines is 1. The molecule has 1 saturated heterocycles. The van der Waals surface area contributed by atoms with Gasteiger partial charge >= 0.3 is 0 Å². The molecule has 2 aliphatic heterocycles. The summed E-state index contributed by atoms with van der Waals surface area (Å²) in [5.74, 6) is 1.69. The van der Waals surface area contributed by atoms with Crippen LogP contribution < -0.4 is 19.1 Å². The number of unbranched alkanes of at least 4 members (excludes halogenated alkanes) is 1. The molecule has 4 rings (SSSR count). The summed E-state index contributed by atoms with van der Waals surface area (Å²) in [7, 11) is -3.45. The van der Waals surface area contributed by atoms with E-state index in [4.69, 9.17) is 21.1 Å². The number of hydrogen-bond acceptors (Lipinski definition) is 7. The summed E-state index contributed by atoms with van der Waals surface area (Å²) in [4.78, 5) is 4.78. The lowest BCUT2D eigenvalue weighted by molar-refractivity contribution is 0.171. The largest absolute Gasteiger partial charge is 0.486 e. The van der Waals surface area contributed by atoms with E-state index < -0.39 is 10.0 Å². The molecule has 1 fully saturated rings. The number of hydrogen-bond donors (Lipinski definition) is 1. The quantitative estimate of drug-likeness (QED) is 0.597. The first-order chi connectivity index (χ1) is 14.5. The predicted molar refractivity (Wildman–Crippen MR) is 120 cm³/mol. The van der Waals surface area contributed by atoms with E-state index in [0.29, 0.717) is 24.1 Å². The number of sulfonamides is 1. The van der Waals surface area contributed by atoms with Crippen LogP contribution in [0.25, 0.3) is 0 Å². The van der Waals surface area contributed by atoms with Crippen molar-refractivity contribution in [1.29, 1.82) is 0 Å². The highest BCUT2D eigenvalue weighted by Crippen LogP contribution is 2.39. The molecule has 0 bridgehead atoms. The van der Waals surface area contributed by atoms with E-state index in [1.807, 2.05) is 12.1 Å². The van der Waals surface area contributed by atoms with Gasteiger partial charge < -0.3 is 14.4 Å². The van der Waals surface area contributed by atoms with Gasteiger partial charge in [0.25, 0.3) is 0 Å². The first-order valence-corrected chi connectivity index (χ1v) is 12.8. The third-order valence-corrected chi connectivity index (χ3v) is 8.45. The van der Waals surface area contributed by atoms with Gasteiger partial charge in [-0.05, 0) is 43.7 Å². The molecule has 1 aromatic carbocycles. The standard InChI is InChI=1S/C20H26ClN3O4S2/c21-18-6-7-19(29-18)30(25,26)22-8-1-2-9-23-10-12-24(13-11-23)16-4-3-5-17-20(16)28-15-14-27-17/h3-7,22H,1-2,8-15H2. The Hall–Kier alpha value is -1.52. The van der Waals surface area contributed by atoms with Crippen LogP contribution in [0.15, 0.2) is 34.5 Å². The van der Waals surface area contributed by atoms with Crippen molar-refractivity contribution in [1.82, 2.24) is 9.62 Å². The molecule has 0 atom stereocenters. The zero-order chi connectivity index (χ0) is 21.0. The lowest BCUT2D eigenvalue weighted by Crippen LogP contribution is -2.46. The molecule has 2 aliphatic rings. The van der Waals surface area contributed by atoms with Gasteiger partial charge in [0.2, 0.25) is 10.0 Å². The average Bonchev–Trinajstić information content (AvgIpc) is 3.21. The zero-order valence-electron chi connectivity index (χ0n) is 16.7. The second-order valence-corrected chi connectivity index (χ2v) is 11.0. The lowest BCUT2D eigenvalue weighted by Gasteiger charge is -2.37. The van der Waals surface area contributed by atoms with E-state index in [-0.39, 0.29) is 4.21 Å². The van der Waals surface area contributed by atoms with Crippen molar-refractivity contribution in [2.75, 3.05) is 57.4 Å². The maximum absolute atomic E-state index is 12.2. The second-order valence-electron chi connectivity index (χ2n) is 7.29. The van der Waals surface area contributed by atoms with Gasteiger partial charge in [0, 0.05) is 32.7 Å². The number of piperazine rings is 1. The van der Waals surface area contributed by atoms with Crippen LogP contribution in [-0.4, -0.2) is 65.8 Å². The molecular weight excluding hydrogens is 446 g/mol. The summed E-state index contributed by atoms with van der Waals surface area (Å²) >= 11 is 6.90. The molecule has 0 amide bonds. The van der Waals surface area contributed by atoms with Gasteiger partial charge in [-0.3, -0.25) is 4.90 Å². The monoisotopic (exact) mass is 471 g/mol. The lowest BCUT2D eigenvalue weighted by atomic mass is 10.2. The van der Waals surface area contributed by atoms with Gasteiger partial charge in [0.15, 0.2) is 11.5 Å². The van der Waals surface area contributed by atoms with Gasteiger partial charge in [-0.1, -0.05) is 17.7 Å². The molecule has 0 radical (unpaired) electrons. The number of halogens is 1. The minimum absolute atomic E-state index is 0.265. The summed E-state index contributed by atoms with van der Waals surface area (Å²) in [5, 5.41) is 0. The maximum atomic E-state index is 12.2. The highest BCUT2D eigenvalue weighted by atomic mass is 35.5. The molecular formula is C20H26ClN3O4S2. The number of nitrogens with one attached hydrogen (secondary N) is 1. The zero-order valence-corrected chi connectivity index (χ0v) is 19.1. The summed E-state index contributed by atoms with van der Waals surface area (Å²) in [5.41, 5.74) is 1.11. The summed E-state index contributed by atoms with van der Waals surface area (Å²) in [6.07, 6.45) is 1.75. The number of fused-ring (bicyclic) bond motifs is 1. The first-order valence-electron chi connectivity index (χ1n) is 10.1. The molecule has 1 N–H and O–H groups in total. The van der Waals surface area contributed by atoms with Gasteiger partial charge in [-0.25, -0.2) is 13.1 Å². The van der Waals surface area contributed by atoms with Crippen LogP contribution in [0.3, 0.4) is 0 Å². The summed E-state index contributed by atoms with van der Waals surface area (Å²) in [6, 6.07) is 9.20. The Morgan fingerprint density at radius 2 is 1.83 bits per heavy atom. The molecule has 0 unspecified atom stereocenters. The Bertz CT molecular complexity index is 959. The highest BCUT2D eigenvalue weighted by molar-refractivity contribution is 7.91. The molecule has 0 spiro atoms. The topological polar surface area (TPSA) is 71.1 Å². The Balaban J connectivity index is 1.18. The molecule has 1 aromatic heterocycles. The fourth-order valence-electron chi connectivity index (χ4n) is 3.70. The van der Waals surface area contributed by atoms with Crippen LogP contribution in [0.4, 0.5) is 5.69 Å². The molecule has 30 heavy (non-hydrogen) atoms. The molecule has 3 heterocycles. The number of nitrogens with zero attached hydrogens (tertiary/aromatic N) is 2. The van der Waals surface area contributed by atoms with E-state index in [9.17, 15) is 8.42 Å². The Kier molecular flexibility index (Phi) is 7.05. The molecule has 0 aliphatic carbocycles. The van der Waals surface area contributed by atoms with Crippen molar-refractivity contribution in [3.63, 3.8) is 0 Å². The minimum Gasteiger partial charge on any atom is -0.486 e. The number of ether oxygens (including phenoxy) is 2. The molecule has 164 valence electrons. The number of thiophene rings is 1. The summed E-state index contributed by atoms with van der Waals surface area (Å²) in [6.45, 7) is 6.41. The average molecular weight is 472 g/mol. The number of benzene rings is 1. The molecule has 0 saturated carbocycles. The smallest absolute Gasteiger partial charge is 0.250 e. The fraction of sp³-hybridized carbons (Fsp3) is 0.500. The molecule has 7 nitrogen and oxygen atoms in total. The van der Waals surface area contributed by atoms with Crippen molar-refractivity contribution >= 4 is 38.6 Å². The number of rotatable bonds is 8. The van der Waals surface area contributed by atoms with Gasteiger partial charge in [-0.2, -0.15) is 0 Å². The van der Waals surface area contributed by atoms with Crippen LogP contribution >= 0.6 is 22.9 Å². The maximum Gasteiger partial charge on any atom is 0.250 e. The first kappa shape index (κ1) is 21.7. The SMILES string of the molecule is O=S(=O)(NCCCCN1CCN(c2cccc3c2OCCO3)CC1)c1ccc(Cl)s1. The van der Waals surface area contributed by atoms with Crippen molar-refractivity contribution in [3.05, 3.63) is 34.7 Å². The Morgan fingerprint density at radius 3 is 2.60 bits per heavy atom. The highest BCUT2D eigenvalue weighted by Gasteiger charge is 2.23. The van der Waals surface area contributed by atoms with Crippen LogP contribution in [0.2, 0.25) is 4.34 Å². The van der Waals surface area contributed by atoms with Gasteiger partial charge in [0.1, 0.15) is 17.4 Å². The van der Waals surface area contributed by atoms with E-state index in [0.717, 1.165) is 74.1 Å². The van der Waals surface area contributed by atoms with Crippen molar-refractivity contribution < 1.29 is 17.9 Å². The molecule has 10 heteroatoms.